The lowest BCUT2D eigenvalue weighted by atomic mass is 9.85. The molecule has 0 aliphatic carbocycles. The Labute approximate surface area is 419 Å². The van der Waals surface area contributed by atoms with Gasteiger partial charge in [-0.3, -0.25) is 43.8 Å². The molecule has 2 rings (SSSR count). The fourth-order valence-electron chi connectivity index (χ4n) is 7.56. The first-order chi connectivity index (χ1) is 34.1. The largest absolute Gasteiger partial charge is 0.481 e. The van der Waals surface area contributed by atoms with Crippen LogP contribution in [0.5, 0.6) is 0 Å². The molecule has 23 heteroatoms. The maximum absolute atomic E-state index is 13.9. The highest BCUT2D eigenvalue weighted by atomic mass is 16.6. The summed E-state index contributed by atoms with van der Waals surface area (Å²) in [6.45, 7) is 4.08. The van der Waals surface area contributed by atoms with Crippen LogP contribution >= 0.6 is 0 Å². The number of aliphatic carboxylic acids is 1. The number of ketones is 3. The Kier molecular flexibility index (Phi) is 28.3. The molecule has 1 aliphatic rings. The van der Waals surface area contributed by atoms with Gasteiger partial charge in [-0.2, -0.15) is 0 Å². The van der Waals surface area contributed by atoms with E-state index in [1.807, 2.05) is 0 Å². The SMILES string of the molecule is COCCOC(=O)COC(=O)C(C)OC(=O)C(Cc1ccccc1)NC(=O)C(N)CCCCNC(=O)CC[C@@H]1NC(=O)[C@H](CC(=O)O)CC(=O)CCC(=O)[C@H](CCCCC(=N)N)CC(=O)[C@@H](C(C)C)NC1=O. The van der Waals surface area contributed by atoms with Gasteiger partial charge in [0.2, 0.25) is 23.6 Å². The summed E-state index contributed by atoms with van der Waals surface area (Å²) in [5.74, 6) is -11.3. The molecule has 0 aromatic heterocycles. The molecular formula is C49H73N7O16. The van der Waals surface area contributed by atoms with Crippen molar-refractivity contribution in [3.05, 3.63) is 35.9 Å². The van der Waals surface area contributed by atoms with E-state index in [0.717, 1.165) is 0 Å². The molecule has 0 saturated carbocycles. The number of methoxy groups -OCH3 is 1. The van der Waals surface area contributed by atoms with Crippen molar-refractivity contribution in [1.82, 2.24) is 21.3 Å². The van der Waals surface area contributed by atoms with E-state index >= 15 is 0 Å². The van der Waals surface area contributed by atoms with Crippen LogP contribution in [0.25, 0.3) is 0 Å². The van der Waals surface area contributed by atoms with E-state index in [4.69, 9.17) is 35.8 Å². The van der Waals surface area contributed by atoms with Crippen molar-refractivity contribution in [2.45, 2.75) is 147 Å². The van der Waals surface area contributed by atoms with Crippen molar-refractivity contribution < 1.29 is 76.8 Å². The Morgan fingerprint density at radius 1 is 0.819 bits per heavy atom. The standard InChI is InChI=1S/C49H73N7O16/c1-29(2)44-39(59)26-32(14-8-9-16-40(51)52)38(58)19-17-34(57)25-33(27-42(61)62)45(64)54-36(47(66)56-44)18-20-41(60)53-21-11-10-15-35(50)46(65)55-37(24-31-12-6-5-7-13-31)49(68)72-30(3)48(67)71-28-43(63)70-23-22-69-4/h5-7,12-13,29-30,32-33,35-37,44H,8-11,14-28,50H2,1-4H3,(H3,51,52)(H,53,60)(H,54,64)(H,55,65)(H,56,66)(H,61,62)/t30?,32-,33+,35?,36+,37?,44-/m1/s1. The minimum atomic E-state index is -1.45. The summed E-state index contributed by atoms with van der Waals surface area (Å²) in [5, 5.41) is 27.5. The molecule has 23 nitrogen and oxygen atoms in total. The van der Waals surface area contributed by atoms with E-state index < -0.39 is 127 Å². The van der Waals surface area contributed by atoms with Gasteiger partial charge in [-0.05, 0) is 56.9 Å². The highest BCUT2D eigenvalue weighted by molar-refractivity contribution is 5.98. The van der Waals surface area contributed by atoms with Crippen LogP contribution in [0.3, 0.4) is 0 Å². The normalized spacial score (nSPS) is 19.3. The minimum Gasteiger partial charge on any atom is -0.481 e. The maximum Gasteiger partial charge on any atom is 0.347 e. The van der Waals surface area contributed by atoms with Gasteiger partial charge >= 0.3 is 23.9 Å². The minimum absolute atomic E-state index is 0.0175. The summed E-state index contributed by atoms with van der Waals surface area (Å²) >= 11 is 0. The maximum atomic E-state index is 13.9. The van der Waals surface area contributed by atoms with Crippen LogP contribution in [-0.4, -0.2) is 140 Å². The molecule has 0 radical (unpaired) electrons. The number of benzene rings is 1. The van der Waals surface area contributed by atoms with Crippen molar-refractivity contribution in [1.29, 1.82) is 5.41 Å². The second-order valence-electron chi connectivity index (χ2n) is 18.1. The number of hydrogen-bond donors (Lipinski definition) is 8. The third-order valence-corrected chi connectivity index (χ3v) is 11.7. The number of carboxylic acids is 1. The number of carbonyl (C=O) groups is 11. The average Bonchev–Trinajstić information content (AvgIpc) is 3.32. The average molecular weight is 1020 g/mol. The Hall–Kier alpha value is -6.62. The van der Waals surface area contributed by atoms with Gasteiger partial charge in [0.05, 0.1) is 36.9 Å². The van der Waals surface area contributed by atoms with Crippen LogP contribution in [0.4, 0.5) is 0 Å². The van der Waals surface area contributed by atoms with Crippen molar-refractivity contribution >= 4 is 70.7 Å². The van der Waals surface area contributed by atoms with E-state index in [1.54, 1.807) is 44.2 Å². The molecule has 1 saturated heterocycles. The first-order valence-corrected chi connectivity index (χ1v) is 24.2. The van der Waals surface area contributed by atoms with Gasteiger partial charge in [-0.1, -0.05) is 50.6 Å². The Balaban J connectivity index is 2.07. The van der Waals surface area contributed by atoms with E-state index in [2.05, 4.69) is 21.3 Å². The molecule has 7 atom stereocenters. The van der Waals surface area contributed by atoms with E-state index in [9.17, 15) is 57.8 Å². The second kappa shape index (κ2) is 33.1. The number of Topliss-reactive ketones (excluding diaryl/α,β-unsaturated/α-hetero) is 3. The van der Waals surface area contributed by atoms with Gasteiger partial charge < -0.3 is 56.8 Å². The quantitative estimate of drug-likeness (QED) is 0.0190. The molecule has 10 N–H and O–H groups in total. The highest BCUT2D eigenvalue weighted by Crippen LogP contribution is 2.23. The molecule has 1 aliphatic heterocycles. The van der Waals surface area contributed by atoms with Gasteiger partial charge in [0, 0.05) is 64.5 Å². The van der Waals surface area contributed by atoms with Crippen LogP contribution in [0.1, 0.15) is 116 Å². The molecule has 1 heterocycles. The molecule has 1 aromatic rings. The van der Waals surface area contributed by atoms with Crippen molar-refractivity contribution in [3.63, 3.8) is 0 Å². The van der Waals surface area contributed by atoms with Crippen LogP contribution < -0.4 is 32.7 Å². The van der Waals surface area contributed by atoms with Gasteiger partial charge in [-0.25, -0.2) is 14.4 Å². The lowest BCUT2D eigenvalue weighted by molar-refractivity contribution is -0.172. The molecular weight excluding hydrogens is 943 g/mol. The third-order valence-electron chi connectivity index (χ3n) is 11.7. The zero-order valence-corrected chi connectivity index (χ0v) is 41.7. The van der Waals surface area contributed by atoms with Gasteiger partial charge in [0.15, 0.2) is 18.5 Å². The van der Waals surface area contributed by atoms with Gasteiger partial charge in [0.25, 0.3) is 0 Å². The topological polar surface area (TPSA) is 369 Å². The first-order valence-electron chi connectivity index (χ1n) is 24.2. The predicted molar refractivity (Wildman–Crippen MR) is 257 cm³/mol. The van der Waals surface area contributed by atoms with Crippen molar-refractivity contribution in [2.75, 3.05) is 33.5 Å². The molecule has 0 bridgehead atoms. The van der Waals surface area contributed by atoms with Crippen LogP contribution in [0, 0.1) is 23.2 Å². The summed E-state index contributed by atoms with van der Waals surface area (Å²) in [6, 6.07) is 3.74. The van der Waals surface area contributed by atoms with Crippen LogP contribution in [0.2, 0.25) is 0 Å². The highest BCUT2D eigenvalue weighted by Gasteiger charge is 2.35. The number of hydrogen-bond acceptors (Lipinski definition) is 17. The molecule has 1 fully saturated rings. The number of nitrogens with two attached hydrogens (primary N) is 2. The lowest BCUT2D eigenvalue weighted by Crippen LogP contribution is -2.54. The number of ether oxygens (including phenoxy) is 4. The molecule has 4 amide bonds. The Morgan fingerprint density at radius 2 is 1.53 bits per heavy atom. The van der Waals surface area contributed by atoms with Gasteiger partial charge in [0.1, 0.15) is 30.3 Å². The van der Waals surface area contributed by atoms with E-state index in [0.29, 0.717) is 37.7 Å². The molecule has 72 heavy (non-hydrogen) atoms. The summed E-state index contributed by atoms with van der Waals surface area (Å²) in [6.07, 6.45) is -1.80. The van der Waals surface area contributed by atoms with Gasteiger partial charge in [-0.15, -0.1) is 0 Å². The summed E-state index contributed by atoms with van der Waals surface area (Å²) in [4.78, 5) is 143. The summed E-state index contributed by atoms with van der Waals surface area (Å²) < 4.78 is 19.8. The van der Waals surface area contributed by atoms with Crippen LogP contribution in [0.15, 0.2) is 30.3 Å². The zero-order chi connectivity index (χ0) is 53.8. The Morgan fingerprint density at radius 3 is 2.18 bits per heavy atom. The number of amides is 4. The molecule has 1 aromatic carbocycles. The molecule has 400 valence electrons. The third kappa shape index (κ3) is 24.5. The number of carboxylic acid groups (broad SMARTS) is 1. The number of carbonyl (C=O) groups excluding carboxylic acids is 10. The van der Waals surface area contributed by atoms with E-state index in [-0.39, 0.29) is 82.7 Å². The fraction of sp³-hybridized carbons (Fsp3) is 0.633. The van der Waals surface area contributed by atoms with Crippen molar-refractivity contribution in [2.24, 2.45) is 29.2 Å². The number of nitrogens with one attached hydrogen (secondary N) is 5. The summed E-state index contributed by atoms with van der Waals surface area (Å²) in [5.41, 5.74) is 12.3. The number of unbranched alkanes of at least 4 members (excludes halogenated alkanes) is 2. The lowest BCUT2D eigenvalue weighted by Gasteiger charge is -2.27. The first kappa shape index (κ1) is 61.5. The smallest absolute Gasteiger partial charge is 0.347 e. The monoisotopic (exact) mass is 1020 g/mol. The number of amidine groups is 1. The Bertz CT molecular complexity index is 2030. The zero-order valence-electron chi connectivity index (χ0n) is 41.7. The van der Waals surface area contributed by atoms with Crippen LogP contribution in [-0.2, 0) is 78.1 Å². The summed E-state index contributed by atoms with van der Waals surface area (Å²) in [7, 11) is 1.42. The number of rotatable bonds is 28. The predicted octanol–water partition coefficient (Wildman–Crippen LogP) is 0.883. The van der Waals surface area contributed by atoms with Crippen molar-refractivity contribution in [3.8, 4) is 0 Å². The second-order valence-corrected chi connectivity index (χ2v) is 18.1. The molecule has 3 unspecified atom stereocenters. The number of esters is 3. The van der Waals surface area contributed by atoms with E-state index in [1.165, 1.54) is 14.0 Å². The molecule has 0 spiro atoms. The fourth-order valence-corrected chi connectivity index (χ4v) is 7.56.